The predicted molar refractivity (Wildman–Crippen MR) is 126 cm³/mol. The van der Waals surface area contributed by atoms with Gasteiger partial charge in [-0.1, -0.05) is 51.5 Å². The van der Waals surface area contributed by atoms with Crippen molar-refractivity contribution in [3.8, 4) is 0 Å². The molecule has 0 aromatic heterocycles. The van der Waals surface area contributed by atoms with Crippen molar-refractivity contribution in [1.82, 2.24) is 0 Å². The highest BCUT2D eigenvalue weighted by molar-refractivity contribution is 4.88. The first-order chi connectivity index (χ1) is 15.1. The van der Waals surface area contributed by atoms with E-state index in [0.717, 1.165) is 56.3 Å². The summed E-state index contributed by atoms with van der Waals surface area (Å²) in [6.07, 6.45) is 17.9. The molecular weight excluding hydrogens is 390 g/mol. The molecule has 2 unspecified atom stereocenters. The molecule has 0 saturated heterocycles. The van der Waals surface area contributed by atoms with Crippen molar-refractivity contribution in [1.29, 1.82) is 0 Å². The Labute approximate surface area is 190 Å². The van der Waals surface area contributed by atoms with Gasteiger partial charge in [0.25, 0.3) is 0 Å². The summed E-state index contributed by atoms with van der Waals surface area (Å²) in [4.78, 5) is 0. The summed E-state index contributed by atoms with van der Waals surface area (Å²) in [6, 6.07) is 0. The summed E-state index contributed by atoms with van der Waals surface area (Å²) in [5, 5.41) is 0. The maximum absolute atomic E-state index is 14.8. The van der Waals surface area contributed by atoms with E-state index in [9.17, 15) is 8.78 Å². The average Bonchev–Trinajstić information content (AvgIpc) is 2.83. The minimum Gasteiger partial charge on any atom is -0.346 e. The van der Waals surface area contributed by atoms with E-state index in [1.165, 1.54) is 64.2 Å². The van der Waals surface area contributed by atoms with Crippen LogP contribution in [0.5, 0.6) is 0 Å². The standard InChI is InChI=1S/C28H48F2O/c1-3-5-6-7-22-8-10-23(11-9-22)20-31-28(30)27(29)26-18-16-25(17-19-26)24-14-12-21(4-2)13-15-24/h4,21-28H,2-3,5-20H2,1H3. The van der Waals surface area contributed by atoms with Crippen molar-refractivity contribution in [2.24, 2.45) is 35.5 Å². The van der Waals surface area contributed by atoms with E-state index >= 15 is 0 Å². The summed E-state index contributed by atoms with van der Waals surface area (Å²) in [6.45, 7) is 6.60. The summed E-state index contributed by atoms with van der Waals surface area (Å²) in [5.74, 6) is 3.34. The summed E-state index contributed by atoms with van der Waals surface area (Å²) in [5.41, 5.74) is 0. The van der Waals surface area contributed by atoms with E-state index in [4.69, 9.17) is 4.74 Å². The molecule has 3 aliphatic rings. The largest absolute Gasteiger partial charge is 0.346 e. The van der Waals surface area contributed by atoms with Crippen molar-refractivity contribution in [3.63, 3.8) is 0 Å². The number of rotatable bonds is 11. The molecule has 3 heteroatoms. The van der Waals surface area contributed by atoms with Gasteiger partial charge in [-0.15, -0.1) is 6.58 Å². The van der Waals surface area contributed by atoms with Crippen LogP contribution in [0.2, 0.25) is 0 Å². The smallest absolute Gasteiger partial charge is 0.230 e. The average molecular weight is 439 g/mol. The molecule has 0 N–H and O–H groups in total. The van der Waals surface area contributed by atoms with E-state index in [-0.39, 0.29) is 5.92 Å². The zero-order chi connectivity index (χ0) is 22.1. The van der Waals surface area contributed by atoms with Crippen LogP contribution in [0.3, 0.4) is 0 Å². The van der Waals surface area contributed by atoms with Crippen LogP contribution in [0, 0.1) is 35.5 Å². The zero-order valence-electron chi connectivity index (χ0n) is 20.1. The second kappa shape index (κ2) is 13.3. The van der Waals surface area contributed by atoms with Gasteiger partial charge in [0.1, 0.15) is 0 Å². The van der Waals surface area contributed by atoms with Crippen molar-refractivity contribution < 1.29 is 13.5 Å². The van der Waals surface area contributed by atoms with Crippen LogP contribution in [0.15, 0.2) is 12.7 Å². The van der Waals surface area contributed by atoms with Gasteiger partial charge in [0.15, 0.2) is 6.17 Å². The first kappa shape index (κ1) is 25.2. The van der Waals surface area contributed by atoms with E-state index in [0.29, 0.717) is 18.4 Å². The second-order valence-electron chi connectivity index (χ2n) is 11.1. The quantitative estimate of drug-likeness (QED) is 0.231. The third kappa shape index (κ3) is 7.83. The molecule has 0 spiro atoms. The third-order valence-corrected chi connectivity index (χ3v) is 9.01. The molecule has 3 aliphatic carbocycles. The molecule has 3 rings (SSSR count). The zero-order valence-corrected chi connectivity index (χ0v) is 20.1. The number of hydrogen-bond donors (Lipinski definition) is 0. The lowest BCUT2D eigenvalue weighted by atomic mass is 9.68. The van der Waals surface area contributed by atoms with Gasteiger partial charge in [-0.2, -0.15) is 0 Å². The van der Waals surface area contributed by atoms with Gasteiger partial charge < -0.3 is 4.74 Å². The Bertz CT molecular complexity index is 485. The fourth-order valence-corrected chi connectivity index (χ4v) is 6.69. The van der Waals surface area contributed by atoms with E-state index in [2.05, 4.69) is 19.6 Å². The first-order valence-electron chi connectivity index (χ1n) is 13.6. The Balaban J connectivity index is 1.29. The lowest BCUT2D eigenvalue weighted by Crippen LogP contribution is -2.34. The fraction of sp³-hybridized carbons (Fsp3) is 0.929. The monoisotopic (exact) mass is 438 g/mol. The molecule has 0 heterocycles. The van der Waals surface area contributed by atoms with Crippen molar-refractivity contribution in [2.45, 2.75) is 122 Å². The van der Waals surface area contributed by atoms with Gasteiger partial charge in [0.2, 0.25) is 6.36 Å². The van der Waals surface area contributed by atoms with Gasteiger partial charge >= 0.3 is 0 Å². The molecule has 3 saturated carbocycles. The van der Waals surface area contributed by atoms with E-state index < -0.39 is 12.5 Å². The molecule has 0 aliphatic heterocycles. The van der Waals surface area contributed by atoms with Crippen molar-refractivity contribution in [3.05, 3.63) is 12.7 Å². The summed E-state index contributed by atoms with van der Waals surface area (Å²) < 4.78 is 34.8. The Morgan fingerprint density at radius 3 is 1.97 bits per heavy atom. The van der Waals surface area contributed by atoms with Crippen LogP contribution >= 0.6 is 0 Å². The minimum atomic E-state index is -1.73. The molecule has 31 heavy (non-hydrogen) atoms. The topological polar surface area (TPSA) is 9.23 Å². The molecule has 3 fully saturated rings. The number of unbranched alkanes of at least 4 members (excludes halogenated alkanes) is 2. The van der Waals surface area contributed by atoms with Gasteiger partial charge in [0, 0.05) is 0 Å². The number of hydrogen-bond acceptors (Lipinski definition) is 1. The molecule has 0 aromatic rings. The van der Waals surface area contributed by atoms with Crippen LogP contribution in [-0.2, 0) is 4.74 Å². The van der Waals surface area contributed by atoms with Crippen LogP contribution in [-0.4, -0.2) is 19.1 Å². The maximum atomic E-state index is 14.8. The lowest BCUT2D eigenvalue weighted by molar-refractivity contribution is -0.119. The van der Waals surface area contributed by atoms with Crippen LogP contribution in [0.1, 0.15) is 110 Å². The molecule has 180 valence electrons. The predicted octanol–water partition coefficient (Wildman–Crippen LogP) is 8.82. The van der Waals surface area contributed by atoms with Gasteiger partial charge in [-0.3, -0.25) is 0 Å². The van der Waals surface area contributed by atoms with E-state index in [1.54, 1.807) is 0 Å². The van der Waals surface area contributed by atoms with Gasteiger partial charge in [0.05, 0.1) is 6.61 Å². The van der Waals surface area contributed by atoms with Crippen molar-refractivity contribution >= 4 is 0 Å². The molecular formula is C28H48F2O. The van der Waals surface area contributed by atoms with Crippen LogP contribution in [0.4, 0.5) is 8.78 Å². The second-order valence-corrected chi connectivity index (χ2v) is 11.1. The van der Waals surface area contributed by atoms with Gasteiger partial charge in [-0.25, -0.2) is 8.78 Å². The normalized spacial score (nSPS) is 36.6. The summed E-state index contributed by atoms with van der Waals surface area (Å²) in [7, 11) is 0. The van der Waals surface area contributed by atoms with Crippen molar-refractivity contribution in [2.75, 3.05) is 6.61 Å². The highest BCUT2D eigenvalue weighted by atomic mass is 19.2. The highest BCUT2D eigenvalue weighted by Crippen LogP contribution is 2.43. The summed E-state index contributed by atoms with van der Waals surface area (Å²) >= 11 is 0. The number of allylic oxidation sites excluding steroid dienone is 1. The lowest BCUT2D eigenvalue weighted by Gasteiger charge is -2.38. The SMILES string of the molecule is C=CC1CCC(C2CCC(C(F)C(F)OCC3CCC(CCCCC)CC3)CC2)CC1. The third-order valence-electron chi connectivity index (χ3n) is 9.01. The fourth-order valence-electron chi connectivity index (χ4n) is 6.69. The minimum absolute atomic E-state index is 0.148. The number of alkyl halides is 2. The Morgan fingerprint density at radius 1 is 0.806 bits per heavy atom. The Morgan fingerprint density at radius 2 is 1.39 bits per heavy atom. The highest BCUT2D eigenvalue weighted by Gasteiger charge is 2.37. The Kier molecular flexibility index (Phi) is 10.8. The molecule has 0 radical (unpaired) electrons. The molecule has 0 bridgehead atoms. The first-order valence-corrected chi connectivity index (χ1v) is 13.6. The van der Waals surface area contributed by atoms with Crippen LogP contribution in [0.25, 0.3) is 0 Å². The molecule has 2 atom stereocenters. The van der Waals surface area contributed by atoms with E-state index in [1.807, 2.05) is 0 Å². The molecule has 0 aromatic carbocycles. The van der Waals surface area contributed by atoms with Gasteiger partial charge in [-0.05, 0) is 99.7 Å². The Hall–Kier alpha value is -0.440. The number of ether oxygens (including phenoxy) is 1. The molecule has 1 nitrogen and oxygen atoms in total. The molecule has 0 amide bonds. The maximum Gasteiger partial charge on any atom is 0.230 e. The number of halogens is 2. The van der Waals surface area contributed by atoms with Crippen LogP contribution < -0.4 is 0 Å².